The second kappa shape index (κ2) is 16.4. The molecular formula is C33H39ClF2N4OS. The Morgan fingerprint density at radius 3 is 2.40 bits per heavy atom. The van der Waals surface area contributed by atoms with Crippen molar-refractivity contribution in [2.24, 2.45) is 12.2 Å². The molecule has 1 unspecified atom stereocenters. The molecule has 1 heterocycles. The minimum atomic E-state index is -0.892. The Bertz CT molecular complexity index is 1460. The number of fused-ring (bicyclic) bond motifs is 1. The van der Waals surface area contributed by atoms with Crippen LogP contribution in [0.5, 0.6) is 0 Å². The zero-order valence-corrected chi connectivity index (χ0v) is 26.2. The fourth-order valence-electron chi connectivity index (χ4n) is 4.75. The van der Waals surface area contributed by atoms with E-state index in [2.05, 4.69) is 17.1 Å². The molecule has 3 aromatic carbocycles. The summed E-state index contributed by atoms with van der Waals surface area (Å²) in [6.45, 7) is 6.21. The minimum Gasteiger partial charge on any atom is -0.337 e. The number of hydrogen-bond donors (Lipinski definition) is 1. The number of halogens is 3. The molecule has 224 valence electrons. The van der Waals surface area contributed by atoms with Crippen LogP contribution in [-0.2, 0) is 31.2 Å². The van der Waals surface area contributed by atoms with Crippen LogP contribution >= 0.6 is 23.5 Å². The van der Waals surface area contributed by atoms with Crippen molar-refractivity contribution >= 4 is 35.1 Å². The maximum absolute atomic E-state index is 13.7. The number of anilines is 1. The quantitative estimate of drug-likeness (QED) is 0.212. The summed E-state index contributed by atoms with van der Waals surface area (Å²) in [5, 5.41) is 6.00. The lowest BCUT2D eigenvalue weighted by Gasteiger charge is -2.26. The Morgan fingerprint density at radius 2 is 1.79 bits per heavy atom. The number of aromatic nitrogens is 2. The molecule has 1 atom stereocenters. The van der Waals surface area contributed by atoms with Crippen LogP contribution in [0.15, 0.2) is 78.0 Å². The van der Waals surface area contributed by atoms with Gasteiger partial charge in [0.1, 0.15) is 5.82 Å². The number of imidazole rings is 1. The third-order valence-corrected chi connectivity index (χ3v) is 7.85. The number of carbonyl (C=O) groups excluding carboxylic acids is 1. The number of carbonyl (C=O) groups is 1. The van der Waals surface area contributed by atoms with Crippen molar-refractivity contribution in [3.63, 3.8) is 0 Å². The number of nitrogens with two attached hydrogens (primary N) is 1. The lowest BCUT2D eigenvalue weighted by atomic mass is 9.91. The molecule has 0 spiro atoms. The summed E-state index contributed by atoms with van der Waals surface area (Å²) >= 11 is 6.85. The third kappa shape index (κ3) is 9.15. The van der Waals surface area contributed by atoms with Crippen molar-refractivity contribution < 1.29 is 13.6 Å². The first-order chi connectivity index (χ1) is 20.2. The molecule has 0 saturated heterocycles. The van der Waals surface area contributed by atoms with E-state index in [0.717, 1.165) is 46.8 Å². The van der Waals surface area contributed by atoms with Gasteiger partial charge in [-0.25, -0.2) is 13.8 Å². The monoisotopic (exact) mass is 612 g/mol. The van der Waals surface area contributed by atoms with Crippen molar-refractivity contribution in [2.45, 2.75) is 70.2 Å². The van der Waals surface area contributed by atoms with Gasteiger partial charge < -0.3 is 9.47 Å². The number of aryl methyl sites for hydroxylation is 3. The van der Waals surface area contributed by atoms with Gasteiger partial charge in [-0.2, -0.15) is 0 Å². The SMILES string of the molecule is CC.CC(CC(=O)N(Cc1nccn1C)c1ccc2c(c1)CCCC2)c1ccc(F)c(F)c1.NSc1cccc(Cl)c1. The Hall–Kier alpha value is -3.20. The van der Waals surface area contributed by atoms with E-state index in [1.807, 2.05) is 68.9 Å². The van der Waals surface area contributed by atoms with Gasteiger partial charge in [-0.3, -0.25) is 9.93 Å². The molecule has 9 heteroatoms. The first kappa shape index (κ1) is 33.3. The molecule has 1 aliphatic carbocycles. The van der Waals surface area contributed by atoms with Crippen LogP contribution in [0.1, 0.15) is 68.5 Å². The predicted octanol–water partition coefficient (Wildman–Crippen LogP) is 8.64. The summed E-state index contributed by atoms with van der Waals surface area (Å²) in [7, 11) is 1.90. The summed E-state index contributed by atoms with van der Waals surface area (Å²) in [6.07, 6.45) is 8.23. The van der Waals surface area contributed by atoms with Gasteiger partial charge in [0.25, 0.3) is 0 Å². The zero-order chi connectivity index (χ0) is 30.6. The fraction of sp³-hybridized carbons (Fsp3) is 0.333. The molecule has 5 nitrogen and oxygen atoms in total. The molecule has 1 aromatic heterocycles. The van der Waals surface area contributed by atoms with Crippen LogP contribution in [0, 0.1) is 11.6 Å². The summed E-state index contributed by atoms with van der Waals surface area (Å²) in [6, 6.07) is 17.5. The van der Waals surface area contributed by atoms with Crippen LogP contribution in [-0.4, -0.2) is 15.5 Å². The first-order valence-electron chi connectivity index (χ1n) is 14.2. The second-order valence-electron chi connectivity index (χ2n) is 9.95. The molecule has 1 aliphatic rings. The number of hydrogen-bond acceptors (Lipinski definition) is 4. The van der Waals surface area contributed by atoms with Gasteiger partial charge in [0.05, 0.1) is 6.54 Å². The van der Waals surface area contributed by atoms with E-state index in [1.165, 1.54) is 35.6 Å². The standard InChI is InChI=1S/C25H27F2N3O.C6H6ClNS.C2H6/c1-17(19-8-10-22(26)23(27)15-19)13-25(31)30(16-24-28-11-12-29(24)2)21-9-7-18-5-3-4-6-20(18)14-21;7-5-2-1-3-6(4-5)9-8;1-2/h7-12,14-15,17H,3-6,13,16H2,1-2H3;1-4H,8H2;1-2H3. The molecule has 0 radical (unpaired) electrons. The van der Waals surface area contributed by atoms with Crippen molar-refractivity contribution in [2.75, 3.05) is 4.90 Å². The lowest BCUT2D eigenvalue weighted by Crippen LogP contribution is -2.32. The molecule has 5 rings (SSSR count). The van der Waals surface area contributed by atoms with Crippen LogP contribution in [0.4, 0.5) is 14.5 Å². The van der Waals surface area contributed by atoms with Crippen molar-refractivity contribution in [1.82, 2.24) is 9.55 Å². The Morgan fingerprint density at radius 1 is 1.05 bits per heavy atom. The highest BCUT2D eigenvalue weighted by Crippen LogP contribution is 2.29. The van der Waals surface area contributed by atoms with Gasteiger partial charge >= 0.3 is 0 Å². The molecule has 1 amide bonds. The van der Waals surface area contributed by atoms with E-state index in [4.69, 9.17) is 16.7 Å². The van der Waals surface area contributed by atoms with Gasteiger partial charge in [0, 0.05) is 41.5 Å². The van der Waals surface area contributed by atoms with Gasteiger partial charge in [-0.1, -0.05) is 50.6 Å². The smallest absolute Gasteiger partial charge is 0.228 e. The van der Waals surface area contributed by atoms with Crippen LogP contribution in [0.3, 0.4) is 0 Å². The molecule has 2 N–H and O–H groups in total. The largest absolute Gasteiger partial charge is 0.337 e. The van der Waals surface area contributed by atoms with Crippen molar-refractivity contribution in [1.29, 1.82) is 0 Å². The highest BCUT2D eigenvalue weighted by atomic mass is 35.5. The Labute approximate surface area is 257 Å². The molecule has 4 aromatic rings. The number of rotatable bonds is 7. The molecule has 0 aliphatic heterocycles. The summed E-state index contributed by atoms with van der Waals surface area (Å²) in [4.78, 5) is 20.5. The van der Waals surface area contributed by atoms with E-state index in [1.54, 1.807) is 17.2 Å². The summed E-state index contributed by atoms with van der Waals surface area (Å²) in [5.74, 6) is -1.31. The van der Waals surface area contributed by atoms with E-state index >= 15 is 0 Å². The number of nitrogens with zero attached hydrogens (tertiary/aromatic N) is 3. The van der Waals surface area contributed by atoms with Gasteiger partial charge in [0.15, 0.2) is 11.6 Å². The van der Waals surface area contributed by atoms with Crippen LogP contribution < -0.4 is 10.0 Å². The van der Waals surface area contributed by atoms with Crippen molar-refractivity contribution in [3.05, 3.63) is 112 Å². The van der Waals surface area contributed by atoms with E-state index in [-0.39, 0.29) is 18.2 Å². The normalized spacial score (nSPS) is 12.7. The van der Waals surface area contributed by atoms with E-state index in [9.17, 15) is 13.6 Å². The summed E-state index contributed by atoms with van der Waals surface area (Å²) < 4.78 is 28.9. The predicted molar refractivity (Wildman–Crippen MR) is 170 cm³/mol. The van der Waals surface area contributed by atoms with Crippen molar-refractivity contribution in [3.8, 4) is 0 Å². The maximum atomic E-state index is 13.7. The maximum Gasteiger partial charge on any atom is 0.228 e. The molecule has 0 saturated carbocycles. The Balaban J connectivity index is 0.000000373. The summed E-state index contributed by atoms with van der Waals surface area (Å²) in [5.41, 5.74) is 4.12. The lowest BCUT2D eigenvalue weighted by molar-refractivity contribution is -0.119. The molecule has 0 fully saturated rings. The number of amides is 1. The van der Waals surface area contributed by atoms with Gasteiger partial charge in [0.2, 0.25) is 5.91 Å². The fourth-order valence-corrected chi connectivity index (χ4v) is 5.36. The van der Waals surface area contributed by atoms with E-state index < -0.39 is 11.6 Å². The topological polar surface area (TPSA) is 64.2 Å². The Kier molecular flexibility index (Phi) is 13.0. The van der Waals surface area contributed by atoms with Gasteiger partial charge in [-0.05, 0) is 103 Å². The molecular weight excluding hydrogens is 574 g/mol. The average molecular weight is 613 g/mol. The molecule has 42 heavy (non-hydrogen) atoms. The molecule has 0 bridgehead atoms. The van der Waals surface area contributed by atoms with E-state index in [0.29, 0.717) is 12.1 Å². The average Bonchev–Trinajstić information content (AvgIpc) is 3.42. The first-order valence-corrected chi connectivity index (χ1v) is 15.5. The highest BCUT2D eigenvalue weighted by molar-refractivity contribution is 7.97. The highest BCUT2D eigenvalue weighted by Gasteiger charge is 2.23. The second-order valence-corrected chi connectivity index (χ2v) is 11.1. The van der Waals surface area contributed by atoms with Crippen LogP contribution in [0.2, 0.25) is 5.02 Å². The third-order valence-electron chi connectivity index (χ3n) is 7.09. The van der Waals surface area contributed by atoms with Gasteiger partial charge in [-0.15, -0.1) is 0 Å². The number of benzene rings is 3. The minimum absolute atomic E-state index is 0.0732. The zero-order valence-electron chi connectivity index (χ0n) is 24.6. The van der Waals surface area contributed by atoms with Crippen LogP contribution in [0.25, 0.3) is 0 Å².